The molecule has 4 nitrogen and oxygen atoms in total. The second-order valence-electron chi connectivity index (χ2n) is 5.85. The van der Waals surface area contributed by atoms with Crippen molar-refractivity contribution in [3.8, 4) is 12.1 Å². The third-order valence-electron chi connectivity index (χ3n) is 2.86. The molecule has 0 aromatic carbocycles. The summed E-state index contributed by atoms with van der Waals surface area (Å²) in [6.07, 6.45) is 0.679. The third kappa shape index (κ3) is 5.27. The summed E-state index contributed by atoms with van der Waals surface area (Å²) >= 11 is 0. The van der Waals surface area contributed by atoms with Gasteiger partial charge >= 0.3 is 0 Å². The summed E-state index contributed by atoms with van der Waals surface area (Å²) in [5.41, 5.74) is -0.781. The zero-order valence-electron chi connectivity index (χ0n) is 12.3. The van der Waals surface area contributed by atoms with Gasteiger partial charge in [0.05, 0.1) is 24.1 Å². The molecule has 0 aliphatic rings. The van der Waals surface area contributed by atoms with Crippen molar-refractivity contribution < 1.29 is 0 Å². The number of nitriles is 2. The largest absolute Gasteiger partial charge is 0.198 e. The number of hydrogen-bond donors (Lipinski definition) is 0. The van der Waals surface area contributed by atoms with Crippen LogP contribution in [0.25, 0.3) is 0 Å². The van der Waals surface area contributed by atoms with Gasteiger partial charge in [-0.3, -0.25) is 0 Å². The molecular weight excluding hydrogens is 224 g/mol. The molecule has 18 heavy (non-hydrogen) atoms. The van der Waals surface area contributed by atoms with Gasteiger partial charge in [0.15, 0.2) is 5.54 Å². The minimum absolute atomic E-state index is 0.144. The molecule has 0 saturated heterocycles. The molecule has 0 N–H and O–H groups in total. The molecule has 0 aromatic rings. The maximum absolute atomic E-state index is 9.21. The van der Waals surface area contributed by atoms with E-state index >= 15 is 0 Å². The maximum Gasteiger partial charge on any atom is 0.164 e. The molecule has 0 aliphatic heterocycles. The molecule has 0 bridgehead atoms. The zero-order valence-corrected chi connectivity index (χ0v) is 12.3. The van der Waals surface area contributed by atoms with Crippen LogP contribution in [0.15, 0.2) is 10.2 Å². The van der Waals surface area contributed by atoms with Crippen LogP contribution in [0.4, 0.5) is 0 Å². The molecule has 0 amide bonds. The Labute approximate surface area is 111 Å². The van der Waals surface area contributed by atoms with Gasteiger partial charge in [0, 0.05) is 0 Å². The van der Waals surface area contributed by atoms with Crippen LogP contribution < -0.4 is 0 Å². The average Bonchev–Trinajstić information content (AvgIpc) is 2.27. The summed E-state index contributed by atoms with van der Waals surface area (Å²) in [5, 5.41) is 26.7. The van der Waals surface area contributed by atoms with Gasteiger partial charge in [-0.05, 0) is 32.1 Å². The highest BCUT2D eigenvalue weighted by Crippen LogP contribution is 2.23. The Bertz CT molecular complexity index is 359. The first-order valence-electron chi connectivity index (χ1n) is 6.48. The lowest BCUT2D eigenvalue weighted by molar-refractivity contribution is 0.370. The number of azo groups is 1. The number of nitrogens with zero attached hydrogens (tertiary/aromatic N) is 4. The summed E-state index contributed by atoms with van der Waals surface area (Å²) in [6.45, 7) is 11.8. The molecule has 0 radical (unpaired) electrons. The first-order valence-corrected chi connectivity index (χ1v) is 6.48. The first kappa shape index (κ1) is 16.6. The Morgan fingerprint density at radius 1 is 1.11 bits per heavy atom. The van der Waals surface area contributed by atoms with Crippen molar-refractivity contribution in [2.24, 2.45) is 28.0 Å². The molecule has 0 spiro atoms. The zero-order chi connectivity index (χ0) is 14.3. The predicted molar refractivity (Wildman–Crippen MR) is 71.7 cm³/mol. The highest BCUT2D eigenvalue weighted by Gasteiger charge is 2.27. The van der Waals surface area contributed by atoms with Crippen LogP contribution in [-0.2, 0) is 0 Å². The lowest BCUT2D eigenvalue weighted by atomic mass is 9.92. The molecule has 0 saturated carbocycles. The molecule has 3 unspecified atom stereocenters. The maximum atomic E-state index is 9.21. The minimum Gasteiger partial charge on any atom is -0.198 e. The molecule has 0 heterocycles. The monoisotopic (exact) mass is 248 g/mol. The van der Waals surface area contributed by atoms with Crippen molar-refractivity contribution in [1.29, 1.82) is 10.5 Å². The van der Waals surface area contributed by atoms with E-state index in [1.165, 1.54) is 0 Å². The smallest absolute Gasteiger partial charge is 0.164 e. The van der Waals surface area contributed by atoms with E-state index in [1.54, 1.807) is 6.92 Å². The van der Waals surface area contributed by atoms with E-state index in [4.69, 9.17) is 5.26 Å². The van der Waals surface area contributed by atoms with Crippen LogP contribution in [0.5, 0.6) is 0 Å². The standard InChI is InChI=1S/C14H24N4/c1-10(2)7-14(6,9-16)18-17-13(11(3)4)12(5)8-15/h10-13H,7H2,1-6H3. The van der Waals surface area contributed by atoms with Gasteiger partial charge in [0.2, 0.25) is 0 Å². The van der Waals surface area contributed by atoms with E-state index in [9.17, 15) is 5.26 Å². The molecule has 100 valence electrons. The van der Waals surface area contributed by atoms with Gasteiger partial charge in [0.1, 0.15) is 0 Å². The average molecular weight is 248 g/mol. The fourth-order valence-electron chi connectivity index (χ4n) is 1.98. The molecule has 0 aromatic heterocycles. The Hall–Kier alpha value is -1.42. The Morgan fingerprint density at radius 2 is 1.67 bits per heavy atom. The van der Waals surface area contributed by atoms with Crippen LogP contribution in [0.2, 0.25) is 0 Å². The summed E-state index contributed by atoms with van der Waals surface area (Å²) in [4.78, 5) is 0. The van der Waals surface area contributed by atoms with E-state index in [0.717, 1.165) is 0 Å². The van der Waals surface area contributed by atoms with Crippen molar-refractivity contribution in [1.82, 2.24) is 0 Å². The lowest BCUT2D eigenvalue weighted by Crippen LogP contribution is -2.25. The second kappa shape index (κ2) is 7.11. The predicted octanol–water partition coefficient (Wildman–Crippen LogP) is 3.95. The van der Waals surface area contributed by atoms with Crippen LogP contribution in [0, 0.1) is 40.4 Å². The lowest BCUT2D eigenvalue weighted by Gasteiger charge is -2.21. The first-order chi connectivity index (χ1) is 8.25. The Kier molecular flexibility index (Phi) is 6.55. The van der Waals surface area contributed by atoms with E-state index in [0.29, 0.717) is 12.3 Å². The minimum atomic E-state index is -0.781. The third-order valence-corrected chi connectivity index (χ3v) is 2.86. The van der Waals surface area contributed by atoms with E-state index in [1.807, 2.05) is 20.8 Å². The van der Waals surface area contributed by atoms with Crippen molar-refractivity contribution in [2.75, 3.05) is 0 Å². The SMILES string of the molecule is CC(C)CC(C)(C#N)N=NC(C(C)C)C(C)C#N. The molecular formula is C14H24N4. The van der Waals surface area contributed by atoms with Crippen LogP contribution in [-0.4, -0.2) is 11.6 Å². The normalized spacial score (nSPS) is 18.3. The topological polar surface area (TPSA) is 72.3 Å². The van der Waals surface area contributed by atoms with E-state index < -0.39 is 5.54 Å². The van der Waals surface area contributed by atoms with Crippen LogP contribution >= 0.6 is 0 Å². The van der Waals surface area contributed by atoms with E-state index in [2.05, 4.69) is 36.2 Å². The van der Waals surface area contributed by atoms with Crippen molar-refractivity contribution in [3.63, 3.8) is 0 Å². The van der Waals surface area contributed by atoms with Crippen molar-refractivity contribution in [3.05, 3.63) is 0 Å². The fraction of sp³-hybridized carbons (Fsp3) is 0.857. The number of hydrogen-bond acceptors (Lipinski definition) is 4. The Balaban J connectivity index is 4.97. The van der Waals surface area contributed by atoms with E-state index in [-0.39, 0.29) is 17.9 Å². The summed E-state index contributed by atoms with van der Waals surface area (Å²) in [5.74, 6) is 0.445. The summed E-state index contributed by atoms with van der Waals surface area (Å²) < 4.78 is 0. The quantitative estimate of drug-likeness (QED) is 0.667. The highest BCUT2D eigenvalue weighted by atomic mass is 15.2. The van der Waals surface area contributed by atoms with Crippen LogP contribution in [0.1, 0.15) is 48.0 Å². The fourth-order valence-corrected chi connectivity index (χ4v) is 1.98. The van der Waals surface area contributed by atoms with Gasteiger partial charge in [-0.25, -0.2) is 0 Å². The van der Waals surface area contributed by atoms with Crippen molar-refractivity contribution in [2.45, 2.75) is 59.5 Å². The molecule has 4 heteroatoms. The van der Waals surface area contributed by atoms with Crippen LogP contribution in [0.3, 0.4) is 0 Å². The van der Waals surface area contributed by atoms with Gasteiger partial charge in [-0.2, -0.15) is 20.8 Å². The summed E-state index contributed by atoms with van der Waals surface area (Å²) in [6, 6.07) is 4.28. The highest BCUT2D eigenvalue weighted by molar-refractivity contribution is 5.04. The molecule has 0 aliphatic carbocycles. The van der Waals surface area contributed by atoms with Crippen molar-refractivity contribution >= 4 is 0 Å². The van der Waals surface area contributed by atoms with Gasteiger partial charge in [-0.15, -0.1) is 0 Å². The molecule has 3 atom stereocenters. The number of rotatable bonds is 6. The Morgan fingerprint density at radius 3 is 2.00 bits per heavy atom. The summed E-state index contributed by atoms with van der Waals surface area (Å²) in [7, 11) is 0. The molecule has 0 fully saturated rings. The second-order valence-corrected chi connectivity index (χ2v) is 5.85. The van der Waals surface area contributed by atoms with Gasteiger partial charge in [-0.1, -0.05) is 27.7 Å². The van der Waals surface area contributed by atoms with Gasteiger partial charge < -0.3 is 0 Å². The molecule has 0 rings (SSSR count). The van der Waals surface area contributed by atoms with Gasteiger partial charge in [0.25, 0.3) is 0 Å².